The van der Waals surface area contributed by atoms with Crippen LogP contribution in [-0.2, 0) is 0 Å². The van der Waals surface area contributed by atoms with E-state index >= 15 is 0 Å². The molecule has 1 unspecified atom stereocenters. The van der Waals surface area contributed by atoms with Gasteiger partial charge in [0.15, 0.2) is 0 Å². The van der Waals surface area contributed by atoms with Gasteiger partial charge in [-0.3, -0.25) is 4.79 Å². The second kappa shape index (κ2) is 6.25. The lowest BCUT2D eigenvalue weighted by molar-refractivity contribution is 0.0940. The molecule has 0 aliphatic carbocycles. The molecule has 1 N–H and O–H groups in total. The SMILES string of the molecule is Cc1ccc(C(C)NC(=O)c2cc(Cl)ncc2Cl)cc1. The van der Waals surface area contributed by atoms with Crippen molar-refractivity contribution in [2.75, 3.05) is 0 Å². The summed E-state index contributed by atoms with van der Waals surface area (Å²) in [4.78, 5) is 16.0. The Balaban J connectivity index is 2.15. The number of pyridine rings is 1. The molecule has 0 saturated heterocycles. The third-order valence-corrected chi connectivity index (χ3v) is 3.50. The minimum atomic E-state index is -0.271. The minimum absolute atomic E-state index is 0.119. The lowest BCUT2D eigenvalue weighted by Gasteiger charge is -2.15. The number of hydrogen-bond donors (Lipinski definition) is 1. The van der Waals surface area contributed by atoms with Gasteiger partial charge in [-0.2, -0.15) is 0 Å². The molecule has 1 amide bonds. The number of nitrogens with one attached hydrogen (secondary N) is 1. The van der Waals surface area contributed by atoms with E-state index in [1.807, 2.05) is 38.1 Å². The maximum absolute atomic E-state index is 12.2. The van der Waals surface area contributed by atoms with Crippen molar-refractivity contribution in [2.24, 2.45) is 0 Å². The predicted octanol–water partition coefficient (Wildman–Crippen LogP) is 4.19. The molecule has 104 valence electrons. The highest BCUT2D eigenvalue weighted by atomic mass is 35.5. The van der Waals surface area contributed by atoms with E-state index in [4.69, 9.17) is 23.2 Å². The lowest BCUT2D eigenvalue weighted by atomic mass is 10.1. The van der Waals surface area contributed by atoms with E-state index in [9.17, 15) is 4.79 Å². The van der Waals surface area contributed by atoms with Crippen LogP contribution in [0.15, 0.2) is 36.5 Å². The van der Waals surface area contributed by atoms with Crippen molar-refractivity contribution in [1.29, 1.82) is 0 Å². The molecule has 20 heavy (non-hydrogen) atoms. The van der Waals surface area contributed by atoms with Crippen LogP contribution in [-0.4, -0.2) is 10.9 Å². The van der Waals surface area contributed by atoms with Gasteiger partial charge in [0.25, 0.3) is 5.91 Å². The summed E-state index contributed by atoms with van der Waals surface area (Å²) in [7, 11) is 0. The number of hydrogen-bond acceptors (Lipinski definition) is 2. The molecule has 0 fully saturated rings. The van der Waals surface area contributed by atoms with E-state index in [0.717, 1.165) is 5.56 Å². The standard InChI is InChI=1S/C15H14Cl2N2O/c1-9-3-5-11(6-4-9)10(2)19-15(20)12-7-14(17)18-8-13(12)16/h3-8,10H,1-2H3,(H,19,20). The Kier molecular flexibility index (Phi) is 4.63. The Morgan fingerprint density at radius 1 is 1.25 bits per heavy atom. The fourth-order valence-electron chi connectivity index (χ4n) is 1.80. The number of rotatable bonds is 3. The first kappa shape index (κ1) is 14.8. The monoisotopic (exact) mass is 308 g/mol. The predicted molar refractivity (Wildman–Crippen MR) is 81.3 cm³/mol. The van der Waals surface area contributed by atoms with Gasteiger partial charge in [-0.1, -0.05) is 53.0 Å². The van der Waals surface area contributed by atoms with E-state index in [-0.39, 0.29) is 22.1 Å². The molecule has 3 nitrogen and oxygen atoms in total. The summed E-state index contributed by atoms with van der Waals surface area (Å²) in [5.41, 5.74) is 2.53. The first-order valence-electron chi connectivity index (χ1n) is 6.16. The van der Waals surface area contributed by atoms with E-state index < -0.39 is 0 Å². The normalized spacial score (nSPS) is 12.0. The Morgan fingerprint density at radius 2 is 1.90 bits per heavy atom. The molecule has 2 aromatic rings. The van der Waals surface area contributed by atoms with Crippen molar-refractivity contribution >= 4 is 29.1 Å². The van der Waals surface area contributed by atoms with Crippen LogP contribution in [0.2, 0.25) is 10.2 Å². The van der Waals surface area contributed by atoms with E-state index in [0.29, 0.717) is 5.56 Å². The van der Waals surface area contributed by atoms with E-state index in [2.05, 4.69) is 10.3 Å². The van der Waals surface area contributed by atoms with E-state index in [1.54, 1.807) is 0 Å². The second-order valence-electron chi connectivity index (χ2n) is 4.59. The summed E-state index contributed by atoms with van der Waals surface area (Å²) >= 11 is 11.7. The average molecular weight is 309 g/mol. The van der Waals surface area contributed by atoms with Crippen LogP contribution in [0.4, 0.5) is 0 Å². The third-order valence-electron chi connectivity index (χ3n) is 2.99. The zero-order chi connectivity index (χ0) is 14.7. The average Bonchev–Trinajstić information content (AvgIpc) is 2.42. The number of carbonyl (C=O) groups is 1. The van der Waals surface area contributed by atoms with Gasteiger partial charge in [-0.25, -0.2) is 4.98 Å². The quantitative estimate of drug-likeness (QED) is 0.864. The lowest BCUT2D eigenvalue weighted by Crippen LogP contribution is -2.27. The second-order valence-corrected chi connectivity index (χ2v) is 5.39. The molecule has 0 radical (unpaired) electrons. The molecule has 0 saturated carbocycles. The molecule has 0 spiro atoms. The van der Waals surface area contributed by atoms with Crippen molar-refractivity contribution < 1.29 is 4.79 Å². The van der Waals surface area contributed by atoms with Crippen molar-refractivity contribution in [3.8, 4) is 0 Å². The first-order valence-corrected chi connectivity index (χ1v) is 6.91. The van der Waals surface area contributed by atoms with Crippen molar-refractivity contribution in [2.45, 2.75) is 19.9 Å². The Morgan fingerprint density at radius 3 is 2.55 bits per heavy atom. The highest BCUT2D eigenvalue weighted by molar-refractivity contribution is 6.35. The van der Waals surface area contributed by atoms with Crippen molar-refractivity contribution in [1.82, 2.24) is 10.3 Å². The fourth-order valence-corrected chi connectivity index (χ4v) is 2.15. The van der Waals surface area contributed by atoms with E-state index in [1.165, 1.54) is 17.8 Å². The van der Waals surface area contributed by atoms with Gasteiger partial charge in [0.1, 0.15) is 5.15 Å². The number of amides is 1. The van der Waals surface area contributed by atoms with Gasteiger partial charge in [-0.15, -0.1) is 0 Å². The zero-order valence-corrected chi connectivity index (χ0v) is 12.7. The maximum atomic E-state index is 12.2. The Labute approximate surface area is 127 Å². The van der Waals surface area contributed by atoms with Gasteiger partial charge in [0.05, 0.1) is 16.6 Å². The van der Waals surface area contributed by atoms with Crippen LogP contribution in [0.3, 0.4) is 0 Å². The summed E-state index contributed by atoms with van der Waals surface area (Å²) in [5, 5.41) is 3.41. The van der Waals surface area contributed by atoms with Crippen LogP contribution in [0.5, 0.6) is 0 Å². The molecule has 1 atom stereocenters. The van der Waals surface area contributed by atoms with Crippen LogP contribution in [0.25, 0.3) is 0 Å². The van der Waals surface area contributed by atoms with Crippen LogP contribution < -0.4 is 5.32 Å². The van der Waals surface area contributed by atoms with Gasteiger partial charge < -0.3 is 5.32 Å². The van der Waals surface area contributed by atoms with Gasteiger partial charge in [0, 0.05) is 6.20 Å². The molecule has 0 bridgehead atoms. The van der Waals surface area contributed by atoms with Crippen LogP contribution >= 0.6 is 23.2 Å². The smallest absolute Gasteiger partial charge is 0.253 e. The molecular formula is C15H14Cl2N2O. The highest BCUT2D eigenvalue weighted by Crippen LogP contribution is 2.20. The zero-order valence-electron chi connectivity index (χ0n) is 11.2. The number of halogens is 2. The van der Waals surface area contributed by atoms with Crippen LogP contribution in [0.1, 0.15) is 34.5 Å². The number of aryl methyl sites for hydroxylation is 1. The largest absolute Gasteiger partial charge is 0.345 e. The Bertz CT molecular complexity index is 626. The molecule has 1 aromatic carbocycles. The summed E-state index contributed by atoms with van der Waals surface area (Å²) < 4.78 is 0. The maximum Gasteiger partial charge on any atom is 0.253 e. The minimum Gasteiger partial charge on any atom is -0.345 e. The van der Waals surface area contributed by atoms with Crippen molar-refractivity contribution in [3.63, 3.8) is 0 Å². The van der Waals surface area contributed by atoms with Gasteiger partial charge in [0.2, 0.25) is 0 Å². The van der Waals surface area contributed by atoms with Crippen LogP contribution in [0, 0.1) is 6.92 Å². The number of benzene rings is 1. The summed E-state index contributed by atoms with van der Waals surface area (Å²) in [5.74, 6) is -0.271. The number of nitrogens with zero attached hydrogens (tertiary/aromatic N) is 1. The number of carbonyl (C=O) groups excluding carboxylic acids is 1. The molecule has 5 heteroatoms. The molecular weight excluding hydrogens is 295 g/mol. The van der Waals surface area contributed by atoms with Gasteiger partial charge in [-0.05, 0) is 25.5 Å². The summed E-state index contributed by atoms with van der Waals surface area (Å²) in [6, 6.07) is 9.33. The summed E-state index contributed by atoms with van der Waals surface area (Å²) in [6.45, 7) is 3.94. The summed E-state index contributed by atoms with van der Waals surface area (Å²) in [6.07, 6.45) is 1.37. The fraction of sp³-hybridized carbons (Fsp3) is 0.200. The first-order chi connectivity index (χ1) is 9.47. The molecule has 0 aliphatic rings. The highest BCUT2D eigenvalue weighted by Gasteiger charge is 2.15. The number of aromatic nitrogens is 1. The molecule has 0 aliphatic heterocycles. The third kappa shape index (κ3) is 3.50. The van der Waals surface area contributed by atoms with Crippen molar-refractivity contribution in [3.05, 3.63) is 63.4 Å². The molecule has 1 heterocycles. The molecule has 2 rings (SSSR count). The topological polar surface area (TPSA) is 42.0 Å². The molecule has 1 aromatic heterocycles. The van der Waals surface area contributed by atoms with Gasteiger partial charge >= 0.3 is 0 Å². The Hall–Kier alpha value is -1.58.